The molecular weight excluding hydrogens is 583 g/mol. The number of benzene rings is 6. The minimum Gasteiger partial charge on any atom is -0.208 e. The third-order valence-corrected chi connectivity index (χ3v) is 8.48. The summed E-state index contributed by atoms with van der Waals surface area (Å²) in [5.74, 6) is -0.409. The Hall–Kier alpha value is -5.67. The van der Waals surface area contributed by atoms with Crippen molar-refractivity contribution >= 4 is 0 Å². The van der Waals surface area contributed by atoms with Crippen LogP contribution in [0.2, 0.25) is 0 Å². The standard InChI is InChI=1S/C45H35N3/c1-4-12-31(13-5-1)33-18-22-35(23-19-33)42-46-43(36-24-20-34(21-25-36)32-14-6-2-7-15-32)48-44(47-42)37-26-27-39-38-16-8-9-17-40(38)45(41(39)30-37)28-10-3-11-29-45/h1-2,4-9,12-27,30H,3,10-11,28-29H2/i3D2,8D,9D,10D2,11D2,16D,17D,26D,27D,28D2,29D2,30D. The Kier molecular flexibility index (Phi) is 3.94. The highest BCUT2D eigenvalue weighted by Crippen LogP contribution is 2.56. The van der Waals surface area contributed by atoms with E-state index in [-0.39, 0.29) is 11.6 Å². The first-order chi connectivity index (χ1) is 30.5. The van der Waals surface area contributed by atoms with Crippen LogP contribution in [0.1, 0.15) is 66.3 Å². The number of rotatable bonds is 5. The molecule has 6 aromatic carbocycles. The minimum atomic E-state index is -3.98. The predicted octanol–water partition coefficient (Wildman–Crippen LogP) is 11.4. The van der Waals surface area contributed by atoms with Gasteiger partial charge < -0.3 is 0 Å². The molecule has 48 heavy (non-hydrogen) atoms. The van der Waals surface area contributed by atoms with Crippen LogP contribution in [0.25, 0.3) is 67.5 Å². The van der Waals surface area contributed by atoms with Crippen molar-refractivity contribution in [2.75, 3.05) is 0 Å². The average molecular weight is 635 g/mol. The highest BCUT2D eigenvalue weighted by Gasteiger charge is 2.43. The van der Waals surface area contributed by atoms with Gasteiger partial charge >= 0.3 is 0 Å². The van der Waals surface area contributed by atoms with E-state index in [1.54, 1.807) is 24.3 Å². The van der Waals surface area contributed by atoms with Crippen LogP contribution < -0.4 is 0 Å². The van der Waals surface area contributed by atoms with E-state index in [4.69, 9.17) is 18.7 Å². The van der Waals surface area contributed by atoms with E-state index < -0.39 is 113 Å². The number of fused-ring (bicyclic) bond motifs is 5. The molecule has 9 rings (SSSR count). The van der Waals surface area contributed by atoms with Gasteiger partial charge in [-0.15, -0.1) is 0 Å². The van der Waals surface area contributed by atoms with Gasteiger partial charge in [0.15, 0.2) is 17.5 Å². The maximum absolute atomic E-state index is 9.90. The van der Waals surface area contributed by atoms with E-state index in [2.05, 4.69) is 9.97 Å². The first kappa shape index (κ1) is 16.0. The molecule has 0 saturated heterocycles. The zero-order chi connectivity index (χ0) is 47.0. The zero-order valence-corrected chi connectivity index (χ0v) is 25.2. The van der Waals surface area contributed by atoms with Crippen LogP contribution in [0.4, 0.5) is 0 Å². The molecule has 7 aromatic rings. The van der Waals surface area contributed by atoms with E-state index in [0.717, 1.165) is 22.3 Å². The van der Waals surface area contributed by atoms with Crippen molar-refractivity contribution in [3.05, 3.63) is 163 Å². The second-order valence-electron chi connectivity index (χ2n) is 11.3. The lowest BCUT2D eigenvalue weighted by Gasteiger charge is -2.36. The molecule has 1 spiro atoms. The van der Waals surface area contributed by atoms with Crippen LogP contribution in [0.3, 0.4) is 0 Å². The summed E-state index contributed by atoms with van der Waals surface area (Å²) >= 11 is 0. The molecule has 3 heteroatoms. The fourth-order valence-corrected chi connectivity index (χ4v) is 6.09. The van der Waals surface area contributed by atoms with Gasteiger partial charge in [-0.3, -0.25) is 0 Å². The number of hydrogen-bond acceptors (Lipinski definition) is 3. The number of nitrogens with zero attached hydrogens (tertiary/aromatic N) is 3. The largest absolute Gasteiger partial charge is 0.208 e. The van der Waals surface area contributed by atoms with Gasteiger partial charge in [0.2, 0.25) is 0 Å². The Morgan fingerprint density at radius 3 is 1.46 bits per heavy atom. The topological polar surface area (TPSA) is 38.7 Å². The van der Waals surface area contributed by atoms with Gasteiger partial charge in [0.25, 0.3) is 0 Å². The summed E-state index contributed by atoms with van der Waals surface area (Å²) in [6.45, 7) is 0. The zero-order valence-electron chi connectivity index (χ0n) is 42.2. The second kappa shape index (κ2) is 11.8. The van der Waals surface area contributed by atoms with Gasteiger partial charge in [0, 0.05) is 35.8 Å². The maximum atomic E-state index is 9.90. The molecule has 1 fully saturated rings. The summed E-state index contributed by atoms with van der Waals surface area (Å²) in [5, 5.41) is 0. The SMILES string of the molecule is [2H]c1c([2H])c([2H])c2c(c1[2H])-c1c([2H])c([2H])c(-c3nc(-c4ccc(-c5ccccc5)cc4)nc(-c4ccc(-c5ccccc5)cc4)n3)c([2H])c1C21C([2H])([2H])C([2H])([2H])C([2H])([2H])C([2H])([2H])C1([2H])[2H]. The van der Waals surface area contributed by atoms with E-state index in [1.165, 1.54) is 0 Å². The molecule has 2 aliphatic rings. The number of aromatic nitrogens is 3. The van der Waals surface area contributed by atoms with E-state index in [1.807, 2.05) is 84.9 Å². The Labute approximate surface area is 305 Å². The van der Waals surface area contributed by atoms with Crippen LogP contribution in [-0.2, 0) is 5.41 Å². The molecule has 0 N–H and O–H groups in total. The second-order valence-corrected chi connectivity index (χ2v) is 11.3. The molecule has 1 saturated carbocycles. The van der Waals surface area contributed by atoms with Crippen molar-refractivity contribution < 1.29 is 23.3 Å². The fourth-order valence-electron chi connectivity index (χ4n) is 6.09. The first-order valence-electron chi connectivity index (χ1n) is 23.8. The third kappa shape index (κ3) is 4.94. The molecular formula is C45H35N3. The van der Waals surface area contributed by atoms with Gasteiger partial charge in [0.05, 0.1) is 9.60 Å². The molecule has 2 aliphatic carbocycles. The number of hydrogen-bond donors (Lipinski definition) is 0. The summed E-state index contributed by atoms with van der Waals surface area (Å²) in [6.07, 6.45) is -19.8. The van der Waals surface area contributed by atoms with E-state index in [9.17, 15) is 9.60 Å². The van der Waals surface area contributed by atoms with Crippen molar-refractivity contribution in [1.29, 1.82) is 0 Å². The predicted molar refractivity (Wildman–Crippen MR) is 196 cm³/mol. The molecule has 3 nitrogen and oxygen atoms in total. The Balaban J connectivity index is 1.37. The van der Waals surface area contributed by atoms with E-state index in [0.29, 0.717) is 11.1 Å². The summed E-state index contributed by atoms with van der Waals surface area (Å²) in [5.41, 5.74) is -3.22. The monoisotopic (exact) mass is 634 g/mol. The summed E-state index contributed by atoms with van der Waals surface area (Å²) in [7, 11) is 0. The third-order valence-electron chi connectivity index (χ3n) is 8.48. The van der Waals surface area contributed by atoms with Gasteiger partial charge in [-0.1, -0.05) is 165 Å². The Morgan fingerprint density at radius 2 is 0.896 bits per heavy atom. The molecule has 1 aromatic heterocycles. The van der Waals surface area contributed by atoms with Crippen LogP contribution >= 0.6 is 0 Å². The quantitative estimate of drug-likeness (QED) is 0.189. The van der Waals surface area contributed by atoms with Crippen molar-refractivity contribution in [2.45, 2.75) is 37.3 Å². The van der Waals surface area contributed by atoms with Crippen molar-refractivity contribution in [3.8, 4) is 67.5 Å². The highest BCUT2D eigenvalue weighted by molar-refractivity contribution is 5.84. The summed E-state index contributed by atoms with van der Waals surface area (Å²) < 4.78 is 155. The van der Waals surface area contributed by atoms with E-state index >= 15 is 0 Å². The summed E-state index contributed by atoms with van der Waals surface area (Å²) in [4.78, 5) is 14.1. The minimum absolute atomic E-state index is 0.0179. The van der Waals surface area contributed by atoms with Crippen LogP contribution in [0.5, 0.6) is 0 Å². The molecule has 0 radical (unpaired) electrons. The average Bonchev–Trinajstić information content (AvgIpc) is 3.64. The molecule has 0 amide bonds. The normalized spacial score (nSPS) is 24.8. The van der Waals surface area contributed by atoms with Crippen LogP contribution in [0, 0.1) is 0 Å². The lowest BCUT2D eigenvalue weighted by molar-refractivity contribution is 0.353. The highest BCUT2D eigenvalue weighted by atomic mass is 15.0. The lowest BCUT2D eigenvalue weighted by Crippen LogP contribution is -2.28. The van der Waals surface area contributed by atoms with Crippen molar-refractivity contribution in [3.63, 3.8) is 0 Å². The molecule has 0 unspecified atom stereocenters. The smallest absolute Gasteiger partial charge is 0.164 e. The molecule has 0 bridgehead atoms. The van der Waals surface area contributed by atoms with Gasteiger partial charge in [-0.2, -0.15) is 0 Å². The van der Waals surface area contributed by atoms with Gasteiger partial charge in [-0.05, 0) is 63.3 Å². The van der Waals surface area contributed by atoms with Gasteiger partial charge in [0.1, 0.15) is 0 Å². The first-order valence-corrected chi connectivity index (χ1v) is 15.3. The fraction of sp³-hybridized carbons (Fsp3) is 0.133. The molecule has 0 atom stereocenters. The van der Waals surface area contributed by atoms with Crippen molar-refractivity contribution in [2.24, 2.45) is 0 Å². The molecule has 0 aliphatic heterocycles. The molecule has 230 valence electrons. The van der Waals surface area contributed by atoms with Crippen LogP contribution in [-0.4, -0.2) is 15.0 Å². The maximum Gasteiger partial charge on any atom is 0.164 e. The van der Waals surface area contributed by atoms with Crippen LogP contribution in [0.15, 0.2) is 151 Å². The molecule has 1 heterocycles. The Bertz CT molecular complexity index is 2950. The summed E-state index contributed by atoms with van der Waals surface area (Å²) in [6, 6.07) is 26.6. The lowest BCUT2D eigenvalue weighted by atomic mass is 9.67. The van der Waals surface area contributed by atoms with Gasteiger partial charge in [-0.25, -0.2) is 15.0 Å². The van der Waals surface area contributed by atoms with Crippen molar-refractivity contribution in [1.82, 2.24) is 15.0 Å². The Morgan fingerprint density at radius 1 is 0.438 bits per heavy atom.